The van der Waals surface area contributed by atoms with Crippen LogP contribution in [0.1, 0.15) is 29.9 Å². The molecule has 1 aliphatic rings. The largest absolute Gasteiger partial charge is 0.352 e. The van der Waals surface area contributed by atoms with E-state index in [1.54, 1.807) is 4.90 Å². The van der Waals surface area contributed by atoms with Crippen LogP contribution in [0.15, 0.2) is 60.0 Å². The van der Waals surface area contributed by atoms with Gasteiger partial charge in [-0.1, -0.05) is 56.7 Å². The summed E-state index contributed by atoms with van der Waals surface area (Å²) in [6, 6.07) is 17.6. The van der Waals surface area contributed by atoms with Crippen LogP contribution in [-0.2, 0) is 4.79 Å². The SMILES string of the molecule is CCC(C)CN(CC(=O)N1CCN(c2ccc(-c3ccccc3)nn2)CC1)C(=O)c1cccs1. The molecule has 0 radical (unpaired) electrons. The number of hydrogen-bond acceptors (Lipinski definition) is 6. The summed E-state index contributed by atoms with van der Waals surface area (Å²) < 4.78 is 0. The van der Waals surface area contributed by atoms with E-state index in [0.717, 1.165) is 23.5 Å². The summed E-state index contributed by atoms with van der Waals surface area (Å²) in [6.07, 6.45) is 0.963. The fourth-order valence-electron chi connectivity index (χ4n) is 3.99. The monoisotopic (exact) mass is 477 g/mol. The number of rotatable bonds is 8. The van der Waals surface area contributed by atoms with Gasteiger partial charge in [0.15, 0.2) is 5.82 Å². The summed E-state index contributed by atoms with van der Waals surface area (Å²) in [7, 11) is 0. The van der Waals surface area contributed by atoms with Gasteiger partial charge in [0.1, 0.15) is 6.54 Å². The molecule has 3 aromatic rings. The number of carbonyl (C=O) groups excluding carboxylic acids is 2. The van der Waals surface area contributed by atoms with Crippen LogP contribution in [0.2, 0.25) is 0 Å². The van der Waals surface area contributed by atoms with Crippen LogP contribution < -0.4 is 4.90 Å². The minimum absolute atomic E-state index is 0.00151. The molecule has 1 aromatic carbocycles. The van der Waals surface area contributed by atoms with Crippen molar-refractivity contribution in [2.75, 3.05) is 44.2 Å². The van der Waals surface area contributed by atoms with Crippen molar-refractivity contribution in [2.24, 2.45) is 5.92 Å². The molecule has 1 fully saturated rings. The van der Waals surface area contributed by atoms with Gasteiger partial charge >= 0.3 is 0 Å². The normalized spacial score (nSPS) is 14.6. The molecular formula is C26H31N5O2S. The van der Waals surface area contributed by atoms with E-state index in [0.29, 0.717) is 43.5 Å². The van der Waals surface area contributed by atoms with Crippen LogP contribution in [-0.4, -0.2) is 71.1 Å². The first kappa shape index (κ1) is 23.9. The number of piperazine rings is 1. The summed E-state index contributed by atoms with van der Waals surface area (Å²) in [5, 5.41) is 10.7. The van der Waals surface area contributed by atoms with Gasteiger partial charge in [-0.2, -0.15) is 0 Å². The fourth-order valence-corrected chi connectivity index (χ4v) is 4.68. The molecule has 0 N–H and O–H groups in total. The molecule has 34 heavy (non-hydrogen) atoms. The topological polar surface area (TPSA) is 69.6 Å². The average molecular weight is 478 g/mol. The molecular weight excluding hydrogens is 446 g/mol. The molecule has 0 aliphatic carbocycles. The highest BCUT2D eigenvalue weighted by Gasteiger charge is 2.27. The van der Waals surface area contributed by atoms with Gasteiger partial charge in [0, 0.05) is 38.3 Å². The molecule has 4 rings (SSSR count). The number of aromatic nitrogens is 2. The average Bonchev–Trinajstić information content (AvgIpc) is 3.43. The van der Waals surface area contributed by atoms with Crippen molar-refractivity contribution in [1.29, 1.82) is 0 Å². The van der Waals surface area contributed by atoms with Crippen molar-refractivity contribution in [1.82, 2.24) is 20.0 Å². The van der Waals surface area contributed by atoms with Crippen LogP contribution >= 0.6 is 11.3 Å². The van der Waals surface area contributed by atoms with Crippen LogP contribution in [0.3, 0.4) is 0 Å². The van der Waals surface area contributed by atoms with Crippen molar-refractivity contribution in [3.05, 3.63) is 64.9 Å². The molecule has 1 unspecified atom stereocenters. The number of nitrogens with zero attached hydrogens (tertiary/aromatic N) is 5. The summed E-state index contributed by atoms with van der Waals surface area (Å²) in [6.45, 7) is 7.51. The zero-order valence-electron chi connectivity index (χ0n) is 19.8. The standard InChI is InChI=1S/C26H31N5O2S/c1-3-20(2)18-31(26(33)23-10-7-17-34-23)19-25(32)30-15-13-29(14-16-30)24-12-11-22(27-28-24)21-8-5-4-6-9-21/h4-12,17,20H,3,13-16,18-19H2,1-2H3. The summed E-state index contributed by atoms with van der Waals surface area (Å²) >= 11 is 1.42. The van der Waals surface area contributed by atoms with Crippen molar-refractivity contribution in [3.8, 4) is 11.3 Å². The second-order valence-corrected chi connectivity index (χ2v) is 9.63. The van der Waals surface area contributed by atoms with Crippen LogP contribution in [0.5, 0.6) is 0 Å². The first-order chi connectivity index (χ1) is 16.5. The Balaban J connectivity index is 1.34. The lowest BCUT2D eigenvalue weighted by molar-refractivity contribution is -0.132. The third kappa shape index (κ3) is 5.80. The van der Waals surface area contributed by atoms with E-state index < -0.39 is 0 Å². The van der Waals surface area contributed by atoms with Gasteiger partial charge in [0.25, 0.3) is 5.91 Å². The van der Waals surface area contributed by atoms with E-state index >= 15 is 0 Å². The van der Waals surface area contributed by atoms with Gasteiger partial charge in [-0.05, 0) is 29.5 Å². The van der Waals surface area contributed by atoms with Crippen LogP contribution in [0.4, 0.5) is 5.82 Å². The van der Waals surface area contributed by atoms with Crippen molar-refractivity contribution in [2.45, 2.75) is 20.3 Å². The van der Waals surface area contributed by atoms with E-state index in [1.807, 2.05) is 64.9 Å². The van der Waals surface area contributed by atoms with Crippen molar-refractivity contribution < 1.29 is 9.59 Å². The Kier molecular flexibility index (Phi) is 7.90. The Labute approximate surface area is 205 Å². The molecule has 7 nitrogen and oxygen atoms in total. The number of benzene rings is 1. The van der Waals surface area contributed by atoms with Gasteiger partial charge < -0.3 is 14.7 Å². The second kappa shape index (κ2) is 11.2. The molecule has 0 bridgehead atoms. The van der Waals surface area contributed by atoms with E-state index in [9.17, 15) is 9.59 Å². The lowest BCUT2D eigenvalue weighted by Gasteiger charge is -2.36. The first-order valence-corrected chi connectivity index (χ1v) is 12.7. The summed E-state index contributed by atoms with van der Waals surface area (Å²) in [4.78, 5) is 32.5. The molecule has 178 valence electrons. The van der Waals surface area contributed by atoms with Gasteiger partial charge in [0.2, 0.25) is 5.91 Å². The Morgan fingerprint density at radius 1 is 1.00 bits per heavy atom. The van der Waals surface area contributed by atoms with E-state index in [4.69, 9.17) is 0 Å². The van der Waals surface area contributed by atoms with Crippen molar-refractivity contribution >= 4 is 29.0 Å². The highest BCUT2D eigenvalue weighted by atomic mass is 32.1. The first-order valence-electron chi connectivity index (χ1n) is 11.8. The highest BCUT2D eigenvalue weighted by Crippen LogP contribution is 2.20. The van der Waals surface area contributed by atoms with Gasteiger partial charge in [-0.3, -0.25) is 9.59 Å². The third-order valence-corrected chi connectivity index (χ3v) is 7.11. The molecule has 1 atom stereocenters. The Bertz CT molecular complexity index is 1060. The van der Waals surface area contributed by atoms with E-state index in [2.05, 4.69) is 28.9 Å². The highest BCUT2D eigenvalue weighted by molar-refractivity contribution is 7.12. The van der Waals surface area contributed by atoms with Crippen LogP contribution in [0.25, 0.3) is 11.3 Å². The van der Waals surface area contributed by atoms with Gasteiger partial charge in [0.05, 0.1) is 10.6 Å². The maximum Gasteiger partial charge on any atom is 0.264 e. The summed E-state index contributed by atoms with van der Waals surface area (Å²) in [5.74, 6) is 1.10. The van der Waals surface area contributed by atoms with E-state index in [1.165, 1.54) is 11.3 Å². The Morgan fingerprint density at radius 2 is 1.76 bits per heavy atom. The number of hydrogen-bond donors (Lipinski definition) is 0. The zero-order chi connectivity index (χ0) is 23.9. The third-order valence-electron chi connectivity index (χ3n) is 6.25. The maximum atomic E-state index is 13.1. The maximum absolute atomic E-state index is 13.1. The fraction of sp³-hybridized carbons (Fsp3) is 0.385. The molecule has 0 saturated carbocycles. The molecule has 2 amide bonds. The molecule has 2 aromatic heterocycles. The molecule has 1 aliphatic heterocycles. The lowest BCUT2D eigenvalue weighted by atomic mass is 10.1. The van der Waals surface area contributed by atoms with E-state index in [-0.39, 0.29) is 18.4 Å². The quantitative estimate of drug-likeness (QED) is 0.490. The van der Waals surface area contributed by atoms with Gasteiger partial charge in [-0.25, -0.2) is 0 Å². The Morgan fingerprint density at radius 3 is 2.38 bits per heavy atom. The number of amides is 2. The molecule has 0 spiro atoms. The Hall–Kier alpha value is -3.26. The number of anilines is 1. The number of thiophene rings is 1. The predicted octanol–water partition coefficient (Wildman–Crippen LogP) is 4.04. The minimum Gasteiger partial charge on any atom is -0.352 e. The second-order valence-electron chi connectivity index (χ2n) is 8.69. The van der Waals surface area contributed by atoms with Crippen molar-refractivity contribution in [3.63, 3.8) is 0 Å². The van der Waals surface area contributed by atoms with Crippen LogP contribution in [0, 0.1) is 5.92 Å². The molecule has 3 heterocycles. The molecule has 8 heteroatoms. The van der Waals surface area contributed by atoms with Gasteiger partial charge in [-0.15, -0.1) is 21.5 Å². The molecule has 1 saturated heterocycles. The predicted molar refractivity (Wildman–Crippen MR) is 136 cm³/mol. The minimum atomic E-state index is -0.0592. The smallest absolute Gasteiger partial charge is 0.264 e. The number of carbonyl (C=O) groups is 2. The summed E-state index contributed by atoms with van der Waals surface area (Å²) in [5.41, 5.74) is 1.88. The lowest BCUT2D eigenvalue weighted by Crippen LogP contribution is -2.52. The zero-order valence-corrected chi connectivity index (χ0v) is 20.6.